The second-order valence-corrected chi connectivity index (χ2v) is 5.97. The van der Waals surface area contributed by atoms with E-state index in [-0.39, 0.29) is 5.92 Å². The second-order valence-electron chi connectivity index (χ2n) is 5.97. The van der Waals surface area contributed by atoms with Gasteiger partial charge in [-0.25, -0.2) is 5.01 Å². The first-order valence-corrected chi connectivity index (χ1v) is 7.28. The summed E-state index contributed by atoms with van der Waals surface area (Å²) in [5, 5.41) is 4.27. The highest BCUT2D eigenvalue weighted by Crippen LogP contribution is 2.32. The first kappa shape index (κ1) is 12.7. The van der Waals surface area contributed by atoms with E-state index in [0.29, 0.717) is 17.9 Å². The Kier molecular flexibility index (Phi) is 3.31. The van der Waals surface area contributed by atoms with Gasteiger partial charge in [0.2, 0.25) is 5.91 Å². The Labute approximate surface area is 115 Å². The van der Waals surface area contributed by atoms with E-state index in [1.165, 1.54) is 5.56 Å². The lowest BCUT2D eigenvalue weighted by Crippen LogP contribution is -2.55. The van der Waals surface area contributed by atoms with Crippen LogP contribution >= 0.6 is 0 Å². The van der Waals surface area contributed by atoms with E-state index in [4.69, 9.17) is 0 Å². The molecule has 2 saturated heterocycles. The predicted octanol–water partition coefficient (Wildman–Crippen LogP) is 2.33. The Hall–Kier alpha value is -1.35. The summed E-state index contributed by atoms with van der Waals surface area (Å²) in [6, 6.07) is 10.9. The molecule has 102 valence electrons. The van der Waals surface area contributed by atoms with Gasteiger partial charge in [-0.2, -0.15) is 0 Å². The molecule has 2 heterocycles. The molecule has 0 aliphatic carbocycles. The van der Waals surface area contributed by atoms with Crippen LogP contribution in [0.5, 0.6) is 0 Å². The van der Waals surface area contributed by atoms with Crippen molar-refractivity contribution in [1.29, 1.82) is 0 Å². The van der Waals surface area contributed by atoms with Crippen molar-refractivity contribution in [3.8, 4) is 0 Å². The lowest BCUT2D eigenvalue weighted by molar-refractivity contribution is -0.163. The number of hydrazine groups is 1. The summed E-state index contributed by atoms with van der Waals surface area (Å²) >= 11 is 0. The van der Waals surface area contributed by atoms with Gasteiger partial charge in [-0.15, -0.1) is 0 Å². The number of benzene rings is 1. The summed E-state index contributed by atoms with van der Waals surface area (Å²) in [7, 11) is 0. The van der Waals surface area contributed by atoms with Gasteiger partial charge in [0.05, 0.1) is 0 Å². The van der Waals surface area contributed by atoms with Gasteiger partial charge in [0, 0.05) is 25.0 Å². The minimum Gasteiger partial charge on any atom is -0.273 e. The highest BCUT2D eigenvalue weighted by molar-refractivity contribution is 5.79. The molecule has 0 N–H and O–H groups in total. The number of amides is 1. The van der Waals surface area contributed by atoms with E-state index < -0.39 is 0 Å². The van der Waals surface area contributed by atoms with E-state index in [2.05, 4.69) is 43.1 Å². The molecule has 3 heteroatoms. The van der Waals surface area contributed by atoms with E-state index >= 15 is 0 Å². The number of hydrogen-bond donors (Lipinski definition) is 0. The van der Waals surface area contributed by atoms with E-state index in [0.717, 1.165) is 25.9 Å². The molecule has 0 saturated carbocycles. The SMILES string of the molecule is CC1C(=O)N2C(C)CCN2CC1Cc1ccccc1. The lowest BCUT2D eigenvalue weighted by Gasteiger charge is -2.42. The Morgan fingerprint density at radius 3 is 2.68 bits per heavy atom. The monoisotopic (exact) mass is 258 g/mol. The number of carbonyl (C=O) groups excluding carboxylic acids is 1. The number of hydrogen-bond acceptors (Lipinski definition) is 2. The van der Waals surface area contributed by atoms with Crippen molar-refractivity contribution in [3.05, 3.63) is 35.9 Å². The number of rotatable bonds is 2. The van der Waals surface area contributed by atoms with Gasteiger partial charge < -0.3 is 0 Å². The van der Waals surface area contributed by atoms with Gasteiger partial charge in [0.1, 0.15) is 0 Å². The molecule has 1 aromatic rings. The minimum atomic E-state index is 0.136. The summed E-state index contributed by atoms with van der Waals surface area (Å²) in [5.41, 5.74) is 1.34. The third-order valence-corrected chi connectivity index (χ3v) is 4.64. The first-order chi connectivity index (χ1) is 9.16. The molecule has 2 fully saturated rings. The van der Waals surface area contributed by atoms with Gasteiger partial charge in [-0.3, -0.25) is 9.80 Å². The largest absolute Gasteiger partial charge is 0.273 e. The first-order valence-electron chi connectivity index (χ1n) is 7.28. The van der Waals surface area contributed by atoms with Crippen LogP contribution in [0.2, 0.25) is 0 Å². The minimum absolute atomic E-state index is 0.136. The third-order valence-electron chi connectivity index (χ3n) is 4.64. The molecule has 0 radical (unpaired) electrons. The fourth-order valence-electron chi connectivity index (χ4n) is 3.38. The van der Waals surface area contributed by atoms with Gasteiger partial charge in [-0.05, 0) is 31.2 Å². The van der Waals surface area contributed by atoms with Crippen LogP contribution in [0.15, 0.2) is 30.3 Å². The molecule has 1 aromatic carbocycles. The quantitative estimate of drug-likeness (QED) is 0.813. The topological polar surface area (TPSA) is 23.6 Å². The van der Waals surface area contributed by atoms with Gasteiger partial charge in [-0.1, -0.05) is 37.3 Å². The standard InChI is InChI=1S/C16H22N2O/c1-12-8-9-17-11-15(13(2)16(19)18(12)17)10-14-6-4-3-5-7-14/h3-7,12-13,15H,8-11H2,1-2H3. The molecule has 0 bridgehead atoms. The molecule has 3 atom stereocenters. The molecule has 0 spiro atoms. The molecule has 1 amide bonds. The Bertz CT molecular complexity index is 459. The van der Waals surface area contributed by atoms with Crippen molar-refractivity contribution in [2.45, 2.75) is 32.7 Å². The molecular formula is C16H22N2O. The maximum Gasteiger partial charge on any atom is 0.240 e. The number of fused-ring (bicyclic) bond motifs is 1. The normalized spacial score (nSPS) is 31.6. The molecule has 2 aliphatic rings. The summed E-state index contributed by atoms with van der Waals surface area (Å²) in [4.78, 5) is 12.5. The van der Waals surface area contributed by atoms with E-state index in [9.17, 15) is 4.79 Å². The smallest absolute Gasteiger partial charge is 0.240 e. The van der Waals surface area contributed by atoms with Crippen molar-refractivity contribution in [2.75, 3.05) is 13.1 Å². The van der Waals surface area contributed by atoms with E-state index in [1.807, 2.05) is 11.1 Å². The van der Waals surface area contributed by atoms with Crippen molar-refractivity contribution >= 4 is 5.91 Å². The molecule has 3 unspecified atom stereocenters. The van der Waals surface area contributed by atoms with Crippen LogP contribution in [0.4, 0.5) is 0 Å². The molecular weight excluding hydrogens is 236 g/mol. The van der Waals surface area contributed by atoms with Crippen LogP contribution < -0.4 is 0 Å². The maximum absolute atomic E-state index is 12.5. The van der Waals surface area contributed by atoms with Crippen LogP contribution in [0, 0.1) is 11.8 Å². The lowest BCUT2D eigenvalue weighted by atomic mass is 9.85. The Morgan fingerprint density at radius 1 is 1.21 bits per heavy atom. The van der Waals surface area contributed by atoms with Crippen LogP contribution in [-0.2, 0) is 11.2 Å². The molecule has 0 aromatic heterocycles. The van der Waals surface area contributed by atoms with Crippen molar-refractivity contribution in [1.82, 2.24) is 10.0 Å². The summed E-state index contributed by atoms with van der Waals surface area (Å²) < 4.78 is 0. The van der Waals surface area contributed by atoms with Crippen LogP contribution in [0.3, 0.4) is 0 Å². The zero-order chi connectivity index (χ0) is 13.4. The zero-order valence-electron chi connectivity index (χ0n) is 11.7. The highest BCUT2D eigenvalue weighted by Gasteiger charge is 2.43. The summed E-state index contributed by atoms with van der Waals surface area (Å²) in [6.07, 6.45) is 2.11. The zero-order valence-corrected chi connectivity index (χ0v) is 11.7. The average Bonchev–Trinajstić information content (AvgIpc) is 2.78. The second kappa shape index (κ2) is 4.97. The third kappa shape index (κ3) is 2.27. The maximum atomic E-state index is 12.5. The highest BCUT2D eigenvalue weighted by atomic mass is 16.2. The number of carbonyl (C=O) groups is 1. The van der Waals surface area contributed by atoms with Crippen molar-refractivity contribution < 1.29 is 4.79 Å². The van der Waals surface area contributed by atoms with Gasteiger partial charge in [0.15, 0.2) is 0 Å². The predicted molar refractivity (Wildman–Crippen MR) is 75.3 cm³/mol. The molecule has 3 rings (SSSR count). The van der Waals surface area contributed by atoms with Crippen LogP contribution in [0.1, 0.15) is 25.8 Å². The summed E-state index contributed by atoms with van der Waals surface area (Å²) in [5.74, 6) is 0.894. The van der Waals surface area contributed by atoms with Crippen LogP contribution in [0.25, 0.3) is 0 Å². The molecule has 19 heavy (non-hydrogen) atoms. The Balaban J connectivity index is 1.75. The van der Waals surface area contributed by atoms with Crippen molar-refractivity contribution in [3.63, 3.8) is 0 Å². The average molecular weight is 258 g/mol. The van der Waals surface area contributed by atoms with Crippen LogP contribution in [-0.4, -0.2) is 35.1 Å². The van der Waals surface area contributed by atoms with Gasteiger partial charge >= 0.3 is 0 Å². The molecule has 3 nitrogen and oxygen atoms in total. The number of nitrogens with zero attached hydrogens (tertiary/aromatic N) is 2. The fourth-order valence-corrected chi connectivity index (χ4v) is 3.38. The Morgan fingerprint density at radius 2 is 1.95 bits per heavy atom. The fraction of sp³-hybridized carbons (Fsp3) is 0.562. The summed E-state index contributed by atoms with van der Waals surface area (Å²) in [6.45, 7) is 6.30. The van der Waals surface area contributed by atoms with E-state index in [1.54, 1.807) is 0 Å². The van der Waals surface area contributed by atoms with Crippen molar-refractivity contribution in [2.24, 2.45) is 11.8 Å². The molecule has 2 aliphatic heterocycles. The van der Waals surface area contributed by atoms with Gasteiger partial charge in [0.25, 0.3) is 0 Å².